The zero-order chi connectivity index (χ0) is 13.1. The van der Waals surface area contributed by atoms with E-state index in [9.17, 15) is 9.50 Å². The molecule has 94 valence electrons. The van der Waals surface area contributed by atoms with Crippen LogP contribution in [-0.4, -0.2) is 10.1 Å². The molecule has 2 nitrogen and oxygen atoms in total. The fraction of sp³-hybridized carbons (Fsp3) is 0.214. The van der Waals surface area contributed by atoms with Crippen LogP contribution in [0, 0.1) is 5.82 Å². The second kappa shape index (κ2) is 5.46. The van der Waals surface area contributed by atoms with Crippen LogP contribution in [0.4, 0.5) is 4.39 Å². The van der Waals surface area contributed by atoms with Crippen molar-refractivity contribution in [3.05, 3.63) is 64.7 Å². The minimum Gasteiger partial charge on any atom is -0.388 e. The van der Waals surface area contributed by atoms with Gasteiger partial charge in [-0.05, 0) is 35.4 Å². The van der Waals surface area contributed by atoms with Gasteiger partial charge in [0.15, 0.2) is 0 Å². The highest BCUT2D eigenvalue weighted by Crippen LogP contribution is 2.31. The Kier molecular flexibility index (Phi) is 3.94. The van der Waals surface area contributed by atoms with Crippen molar-refractivity contribution in [2.24, 2.45) is 0 Å². The van der Waals surface area contributed by atoms with Crippen LogP contribution < -0.4 is 0 Å². The summed E-state index contributed by atoms with van der Waals surface area (Å²) in [6.07, 6.45) is 2.56. The molecule has 0 saturated carbocycles. The van der Waals surface area contributed by atoms with Crippen LogP contribution in [0.15, 0.2) is 42.7 Å². The lowest BCUT2D eigenvalue weighted by Gasteiger charge is -2.19. The largest absolute Gasteiger partial charge is 0.388 e. The molecule has 1 aromatic heterocycles. The van der Waals surface area contributed by atoms with E-state index in [0.29, 0.717) is 5.56 Å². The van der Waals surface area contributed by atoms with Crippen LogP contribution in [0.2, 0.25) is 5.02 Å². The van der Waals surface area contributed by atoms with E-state index in [1.807, 2.05) is 19.1 Å². The first kappa shape index (κ1) is 13.0. The maximum atomic E-state index is 13.4. The average molecular weight is 266 g/mol. The molecule has 0 radical (unpaired) electrons. The maximum Gasteiger partial charge on any atom is 0.142 e. The average Bonchev–Trinajstić information content (AvgIpc) is 2.41. The van der Waals surface area contributed by atoms with Crippen LogP contribution in [0.3, 0.4) is 0 Å². The summed E-state index contributed by atoms with van der Waals surface area (Å²) < 4.78 is 13.4. The van der Waals surface area contributed by atoms with Crippen molar-refractivity contribution in [1.29, 1.82) is 0 Å². The second-order valence-corrected chi connectivity index (χ2v) is 4.59. The van der Waals surface area contributed by atoms with Gasteiger partial charge in [0.25, 0.3) is 0 Å². The molecule has 0 bridgehead atoms. The van der Waals surface area contributed by atoms with Gasteiger partial charge in [0.2, 0.25) is 0 Å². The summed E-state index contributed by atoms with van der Waals surface area (Å²) in [7, 11) is 0. The van der Waals surface area contributed by atoms with Crippen LogP contribution in [-0.2, 0) is 0 Å². The highest BCUT2D eigenvalue weighted by Gasteiger charge is 2.19. The van der Waals surface area contributed by atoms with Crippen molar-refractivity contribution in [3.63, 3.8) is 0 Å². The maximum absolute atomic E-state index is 13.4. The quantitative estimate of drug-likeness (QED) is 0.918. The van der Waals surface area contributed by atoms with Gasteiger partial charge in [0.05, 0.1) is 11.1 Å². The summed E-state index contributed by atoms with van der Waals surface area (Å²) in [5, 5.41) is 10.3. The van der Waals surface area contributed by atoms with Crippen molar-refractivity contribution >= 4 is 11.6 Å². The van der Waals surface area contributed by atoms with Gasteiger partial charge in [-0.3, -0.25) is 4.98 Å². The van der Waals surface area contributed by atoms with Crippen molar-refractivity contribution in [3.8, 4) is 0 Å². The van der Waals surface area contributed by atoms with E-state index in [-0.39, 0.29) is 10.9 Å². The first-order valence-electron chi connectivity index (χ1n) is 5.62. The zero-order valence-corrected chi connectivity index (χ0v) is 10.6. The molecule has 18 heavy (non-hydrogen) atoms. The standard InChI is InChI=1S/C14H13ClFNO/c1-9(10-4-6-17-7-5-10)14(18)11-2-3-12(15)13(16)8-11/h2-9,14,18H,1H3. The Bertz CT molecular complexity index is 533. The molecule has 2 atom stereocenters. The Labute approximate surface area is 110 Å². The normalized spacial score (nSPS) is 14.2. The van der Waals surface area contributed by atoms with Gasteiger partial charge in [-0.15, -0.1) is 0 Å². The molecule has 0 fully saturated rings. The van der Waals surface area contributed by atoms with Gasteiger partial charge in [0, 0.05) is 18.3 Å². The van der Waals surface area contributed by atoms with E-state index in [1.165, 1.54) is 12.1 Å². The molecule has 0 spiro atoms. The lowest BCUT2D eigenvalue weighted by Crippen LogP contribution is -2.08. The van der Waals surface area contributed by atoms with Crippen LogP contribution in [0.25, 0.3) is 0 Å². The predicted molar refractivity (Wildman–Crippen MR) is 69.0 cm³/mol. The van der Waals surface area contributed by atoms with Crippen LogP contribution >= 0.6 is 11.6 Å². The number of benzene rings is 1. The fourth-order valence-electron chi connectivity index (χ4n) is 1.83. The molecule has 0 amide bonds. The van der Waals surface area contributed by atoms with Crippen LogP contribution in [0.5, 0.6) is 0 Å². The third kappa shape index (κ3) is 2.68. The van der Waals surface area contributed by atoms with E-state index in [1.54, 1.807) is 18.5 Å². The number of hydrogen-bond acceptors (Lipinski definition) is 2. The van der Waals surface area contributed by atoms with E-state index >= 15 is 0 Å². The number of pyridine rings is 1. The van der Waals surface area contributed by atoms with Gasteiger partial charge in [-0.25, -0.2) is 4.39 Å². The summed E-state index contributed by atoms with van der Waals surface area (Å²) in [4.78, 5) is 3.93. The smallest absolute Gasteiger partial charge is 0.142 e. The molecule has 2 aromatic rings. The number of halogens is 2. The van der Waals surface area contributed by atoms with Crippen molar-refractivity contribution < 1.29 is 9.50 Å². The van der Waals surface area contributed by atoms with E-state index in [4.69, 9.17) is 11.6 Å². The van der Waals surface area contributed by atoms with Gasteiger partial charge in [-0.1, -0.05) is 24.6 Å². The zero-order valence-electron chi connectivity index (χ0n) is 9.85. The minimum absolute atomic E-state index is 0.0579. The molecule has 2 rings (SSSR count). The molecule has 0 saturated heterocycles. The summed E-state index contributed by atoms with van der Waals surface area (Å²) in [5.74, 6) is -0.663. The third-order valence-electron chi connectivity index (χ3n) is 2.99. The minimum atomic E-state index is -0.779. The topological polar surface area (TPSA) is 33.1 Å². The summed E-state index contributed by atoms with van der Waals surface area (Å²) >= 11 is 5.62. The molecular weight excluding hydrogens is 253 g/mol. The number of rotatable bonds is 3. The predicted octanol–water partition coefficient (Wildman–Crippen LogP) is 3.71. The summed E-state index contributed by atoms with van der Waals surface area (Å²) in [6.45, 7) is 1.88. The SMILES string of the molecule is CC(c1ccncc1)C(O)c1ccc(Cl)c(F)c1. The van der Waals surface area contributed by atoms with Gasteiger partial charge >= 0.3 is 0 Å². The van der Waals surface area contributed by atoms with Gasteiger partial charge in [0.1, 0.15) is 5.82 Å². The molecule has 4 heteroatoms. The Hall–Kier alpha value is -1.45. The monoisotopic (exact) mass is 265 g/mol. The van der Waals surface area contributed by atoms with E-state index in [0.717, 1.165) is 5.56 Å². The Balaban J connectivity index is 2.25. The fourth-order valence-corrected chi connectivity index (χ4v) is 1.95. The summed E-state index contributed by atoms with van der Waals surface area (Å²) in [5.41, 5.74) is 1.47. The molecule has 1 aromatic carbocycles. The lowest BCUT2D eigenvalue weighted by molar-refractivity contribution is 0.151. The molecule has 2 unspecified atom stereocenters. The molecule has 1 heterocycles. The van der Waals surface area contributed by atoms with Crippen molar-refractivity contribution in [1.82, 2.24) is 4.98 Å². The molecule has 0 aliphatic heterocycles. The van der Waals surface area contributed by atoms with Crippen molar-refractivity contribution in [2.45, 2.75) is 18.9 Å². The Morgan fingerprint density at radius 1 is 1.17 bits per heavy atom. The number of aromatic nitrogens is 1. The molecule has 0 aliphatic carbocycles. The number of hydrogen-bond donors (Lipinski definition) is 1. The highest BCUT2D eigenvalue weighted by molar-refractivity contribution is 6.30. The first-order chi connectivity index (χ1) is 8.59. The van der Waals surface area contributed by atoms with Gasteiger partial charge in [-0.2, -0.15) is 0 Å². The Morgan fingerprint density at radius 3 is 2.44 bits per heavy atom. The van der Waals surface area contributed by atoms with Gasteiger partial charge < -0.3 is 5.11 Å². The molecule has 1 N–H and O–H groups in total. The number of aliphatic hydroxyl groups excluding tert-OH is 1. The highest BCUT2D eigenvalue weighted by atomic mass is 35.5. The van der Waals surface area contributed by atoms with E-state index in [2.05, 4.69) is 4.98 Å². The molecular formula is C14H13ClFNO. The van der Waals surface area contributed by atoms with Crippen LogP contribution in [0.1, 0.15) is 30.1 Å². The summed E-state index contributed by atoms with van der Waals surface area (Å²) in [6, 6.07) is 8.02. The third-order valence-corrected chi connectivity index (χ3v) is 3.30. The lowest BCUT2D eigenvalue weighted by atomic mass is 9.91. The first-order valence-corrected chi connectivity index (χ1v) is 6.00. The number of nitrogens with zero attached hydrogens (tertiary/aromatic N) is 1. The second-order valence-electron chi connectivity index (χ2n) is 4.19. The Morgan fingerprint density at radius 2 is 1.83 bits per heavy atom. The van der Waals surface area contributed by atoms with Crippen molar-refractivity contribution in [2.75, 3.05) is 0 Å². The van der Waals surface area contributed by atoms with E-state index < -0.39 is 11.9 Å². The number of aliphatic hydroxyl groups is 1. The molecule has 0 aliphatic rings.